The first-order valence-electron chi connectivity index (χ1n) is 10.8. The minimum atomic E-state index is -0.139. The monoisotopic (exact) mass is 459 g/mol. The molecule has 0 unspecified atom stereocenters. The standard InChI is InChI=1S/C25H25N5O2S/c1-15-22(33-19-8-9-20-18(11-19)14-27-28-20)12-21(29(15)2)25(32)26-13-17-6-4-5-16-7-10-23(31)30(3)24(16)17/h4-6,8-9,11-12,14H,7,10,13H2,1-3H3,(H,26,32)(H,27,28). The smallest absolute Gasteiger partial charge is 0.268 e. The minimum absolute atomic E-state index is 0.106. The number of aromatic nitrogens is 3. The lowest BCUT2D eigenvalue weighted by atomic mass is 9.97. The first-order valence-corrected chi connectivity index (χ1v) is 11.7. The van der Waals surface area contributed by atoms with E-state index in [-0.39, 0.29) is 11.8 Å². The second-order valence-electron chi connectivity index (χ2n) is 8.32. The van der Waals surface area contributed by atoms with E-state index in [1.807, 2.05) is 55.1 Å². The average Bonchev–Trinajstić information content (AvgIpc) is 3.39. The van der Waals surface area contributed by atoms with Gasteiger partial charge in [-0.25, -0.2) is 0 Å². The number of nitrogens with zero attached hydrogens (tertiary/aromatic N) is 3. The van der Waals surface area contributed by atoms with Gasteiger partial charge in [0.15, 0.2) is 0 Å². The van der Waals surface area contributed by atoms with Crippen LogP contribution in [0.15, 0.2) is 58.5 Å². The van der Waals surface area contributed by atoms with Gasteiger partial charge in [0.1, 0.15) is 5.69 Å². The molecule has 0 fully saturated rings. The second-order valence-corrected chi connectivity index (χ2v) is 9.44. The molecule has 0 aliphatic carbocycles. The van der Waals surface area contributed by atoms with Crippen LogP contribution < -0.4 is 10.2 Å². The largest absolute Gasteiger partial charge is 0.347 e. The molecule has 1 aliphatic heterocycles. The molecular weight excluding hydrogens is 434 g/mol. The number of carbonyl (C=O) groups is 2. The number of hydrogen-bond donors (Lipinski definition) is 2. The zero-order chi connectivity index (χ0) is 23.1. The van der Waals surface area contributed by atoms with Gasteiger partial charge in [-0.15, -0.1) is 0 Å². The fourth-order valence-electron chi connectivity index (χ4n) is 4.32. The van der Waals surface area contributed by atoms with Crippen molar-refractivity contribution in [3.8, 4) is 0 Å². The predicted octanol–water partition coefficient (Wildman–Crippen LogP) is 4.20. The van der Waals surface area contributed by atoms with Crippen molar-refractivity contribution in [1.29, 1.82) is 0 Å². The quantitative estimate of drug-likeness (QED) is 0.469. The Morgan fingerprint density at radius 3 is 2.88 bits per heavy atom. The molecule has 0 spiro atoms. The molecule has 0 radical (unpaired) electrons. The van der Waals surface area contributed by atoms with Gasteiger partial charge in [0.25, 0.3) is 5.91 Å². The van der Waals surface area contributed by atoms with E-state index in [0.717, 1.165) is 49.6 Å². The average molecular weight is 460 g/mol. The van der Waals surface area contributed by atoms with Gasteiger partial charge < -0.3 is 14.8 Å². The summed E-state index contributed by atoms with van der Waals surface area (Å²) in [4.78, 5) is 29.1. The van der Waals surface area contributed by atoms with E-state index in [4.69, 9.17) is 0 Å². The van der Waals surface area contributed by atoms with Crippen molar-refractivity contribution in [1.82, 2.24) is 20.1 Å². The van der Waals surface area contributed by atoms with E-state index in [1.165, 1.54) is 0 Å². The molecule has 7 nitrogen and oxygen atoms in total. The number of rotatable bonds is 5. The zero-order valence-corrected chi connectivity index (χ0v) is 19.6. The van der Waals surface area contributed by atoms with Crippen LogP contribution in [0.5, 0.6) is 0 Å². The van der Waals surface area contributed by atoms with Crippen LogP contribution in [0.25, 0.3) is 10.9 Å². The molecule has 0 saturated heterocycles. The van der Waals surface area contributed by atoms with Crippen LogP contribution in [-0.4, -0.2) is 33.6 Å². The number of carbonyl (C=O) groups excluding carboxylic acids is 2. The van der Waals surface area contributed by atoms with E-state index < -0.39 is 0 Å². The highest BCUT2D eigenvalue weighted by molar-refractivity contribution is 7.99. The molecule has 2 N–H and O–H groups in total. The molecule has 168 valence electrons. The van der Waals surface area contributed by atoms with E-state index in [1.54, 1.807) is 23.7 Å². The Morgan fingerprint density at radius 1 is 1.18 bits per heavy atom. The van der Waals surface area contributed by atoms with Crippen molar-refractivity contribution in [2.45, 2.75) is 36.1 Å². The maximum absolute atomic E-state index is 13.1. The number of para-hydroxylation sites is 1. The molecule has 8 heteroatoms. The second kappa shape index (κ2) is 8.44. The van der Waals surface area contributed by atoms with Gasteiger partial charge >= 0.3 is 0 Å². The van der Waals surface area contributed by atoms with E-state index >= 15 is 0 Å². The molecule has 2 aromatic heterocycles. The fraction of sp³-hybridized carbons (Fsp3) is 0.240. The molecule has 5 rings (SSSR count). The van der Waals surface area contributed by atoms with Crippen molar-refractivity contribution < 1.29 is 9.59 Å². The maximum atomic E-state index is 13.1. The van der Waals surface area contributed by atoms with Crippen molar-refractivity contribution in [2.75, 3.05) is 11.9 Å². The predicted molar refractivity (Wildman–Crippen MR) is 130 cm³/mol. The molecular formula is C25H25N5O2S. The Morgan fingerprint density at radius 2 is 2.03 bits per heavy atom. The lowest BCUT2D eigenvalue weighted by Crippen LogP contribution is -2.33. The van der Waals surface area contributed by atoms with Crippen LogP contribution in [-0.2, 0) is 24.8 Å². The fourth-order valence-corrected chi connectivity index (χ4v) is 5.35. The first kappa shape index (κ1) is 21.3. The highest BCUT2D eigenvalue weighted by Crippen LogP contribution is 2.34. The summed E-state index contributed by atoms with van der Waals surface area (Å²) in [6.45, 7) is 2.38. The molecule has 4 aromatic rings. The third-order valence-electron chi connectivity index (χ3n) is 6.32. The molecule has 1 aliphatic rings. The first-order chi connectivity index (χ1) is 15.9. The Hall–Kier alpha value is -3.52. The highest BCUT2D eigenvalue weighted by Gasteiger charge is 2.24. The van der Waals surface area contributed by atoms with Crippen molar-refractivity contribution in [3.05, 3.63) is 71.2 Å². The van der Waals surface area contributed by atoms with Crippen molar-refractivity contribution in [2.24, 2.45) is 7.05 Å². The normalized spacial score (nSPS) is 13.4. The SMILES string of the molecule is Cc1c(Sc2ccc3[nH]ncc3c2)cc(C(=O)NCc2cccc3c2N(C)C(=O)CC3)n1C. The van der Waals surface area contributed by atoms with Crippen LogP contribution in [0.4, 0.5) is 5.69 Å². The summed E-state index contributed by atoms with van der Waals surface area (Å²) in [5.41, 5.74) is 5.65. The third-order valence-corrected chi connectivity index (χ3v) is 7.44. The topological polar surface area (TPSA) is 83.0 Å². The third kappa shape index (κ3) is 3.91. The van der Waals surface area contributed by atoms with Gasteiger partial charge in [-0.05, 0) is 48.7 Å². The van der Waals surface area contributed by atoms with Crippen LogP contribution in [0.2, 0.25) is 0 Å². The lowest BCUT2D eigenvalue weighted by molar-refractivity contribution is -0.118. The van der Waals surface area contributed by atoms with Crippen LogP contribution in [0, 0.1) is 6.92 Å². The molecule has 0 bridgehead atoms. The van der Waals surface area contributed by atoms with E-state index in [9.17, 15) is 9.59 Å². The number of anilines is 1. The van der Waals surface area contributed by atoms with Gasteiger partial charge in [0.2, 0.25) is 5.91 Å². The summed E-state index contributed by atoms with van der Waals surface area (Å²) in [6, 6.07) is 14.1. The number of aromatic amines is 1. The zero-order valence-electron chi connectivity index (χ0n) is 18.8. The molecule has 2 aromatic carbocycles. The number of amides is 2. The number of fused-ring (bicyclic) bond motifs is 2. The minimum Gasteiger partial charge on any atom is -0.347 e. The van der Waals surface area contributed by atoms with Crippen LogP contribution >= 0.6 is 11.8 Å². The summed E-state index contributed by atoms with van der Waals surface area (Å²) in [7, 11) is 3.71. The Kier molecular flexibility index (Phi) is 5.46. The molecule has 2 amide bonds. The van der Waals surface area contributed by atoms with Gasteiger partial charge in [0, 0.05) is 47.9 Å². The number of nitrogens with one attached hydrogen (secondary N) is 2. The Labute approximate surface area is 196 Å². The van der Waals surface area contributed by atoms with Gasteiger partial charge in [-0.3, -0.25) is 14.7 Å². The molecule has 0 atom stereocenters. The summed E-state index contributed by atoms with van der Waals surface area (Å²) >= 11 is 1.63. The lowest BCUT2D eigenvalue weighted by Gasteiger charge is -2.28. The van der Waals surface area contributed by atoms with Crippen LogP contribution in [0.1, 0.15) is 33.7 Å². The number of hydrogen-bond acceptors (Lipinski definition) is 4. The van der Waals surface area contributed by atoms with Gasteiger partial charge in [-0.1, -0.05) is 30.0 Å². The summed E-state index contributed by atoms with van der Waals surface area (Å²) in [5.74, 6) is -0.0326. The number of benzene rings is 2. The summed E-state index contributed by atoms with van der Waals surface area (Å²) in [5, 5.41) is 11.1. The van der Waals surface area contributed by atoms with E-state index in [2.05, 4.69) is 27.6 Å². The van der Waals surface area contributed by atoms with E-state index in [0.29, 0.717) is 18.7 Å². The maximum Gasteiger partial charge on any atom is 0.268 e. The number of H-pyrrole nitrogens is 1. The highest BCUT2D eigenvalue weighted by atomic mass is 32.2. The molecule has 0 saturated carbocycles. The Bertz CT molecular complexity index is 1390. The number of aryl methyl sites for hydroxylation is 1. The summed E-state index contributed by atoms with van der Waals surface area (Å²) < 4.78 is 1.92. The Balaban J connectivity index is 1.34. The van der Waals surface area contributed by atoms with Crippen LogP contribution in [0.3, 0.4) is 0 Å². The van der Waals surface area contributed by atoms with Gasteiger partial charge in [-0.2, -0.15) is 5.10 Å². The van der Waals surface area contributed by atoms with Crippen molar-refractivity contribution >= 4 is 40.2 Å². The molecule has 3 heterocycles. The van der Waals surface area contributed by atoms with Crippen molar-refractivity contribution in [3.63, 3.8) is 0 Å². The van der Waals surface area contributed by atoms with Gasteiger partial charge in [0.05, 0.1) is 17.4 Å². The molecule has 33 heavy (non-hydrogen) atoms. The summed E-state index contributed by atoms with van der Waals surface area (Å²) in [6.07, 6.45) is 3.07.